The molecule has 0 bridgehead atoms. The second-order valence-corrected chi connectivity index (χ2v) is 3.44. The van der Waals surface area contributed by atoms with Gasteiger partial charge in [0.05, 0.1) is 18.8 Å². The summed E-state index contributed by atoms with van der Waals surface area (Å²) >= 11 is 0. The lowest BCUT2D eigenvalue weighted by Gasteiger charge is -2.10. The topological polar surface area (TPSA) is 55.8 Å². The lowest BCUT2D eigenvalue weighted by molar-refractivity contribution is -0.139. The molecule has 0 aromatic rings. The zero-order valence-electron chi connectivity index (χ0n) is 9.28. The van der Waals surface area contributed by atoms with Gasteiger partial charge in [-0.3, -0.25) is 0 Å². The van der Waals surface area contributed by atoms with Crippen molar-refractivity contribution in [2.75, 3.05) is 13.2 Å². The summed E-state index contributed by atoms with van der Waals surface area (Å²) < 4.78 is 10.4. The normalized spacial score (nSPS) is 23.5. The Labute approximate surface area is 89.9 Å². The molecule has 0 saturated carbocycles. The summed E-state index contributed by atoms with van der Waals surface area (Å²) in [5.41, 5.74) is 0.604. The molecule has 1 saturated heterocycles. The Hall–Kier alpha value is -1.03. The number of carbonyl (C=O) groups is 1. The van der Waals surface area contributed by atoms with Crippen molar-refractivity contribution in [2.45, 2.75) is 39.2 Å². The number of carbonyl (C=O) groups excluding carboxylic acids is 1. The standard InChI is InChI=1S/C11H18O4/c1-3-9(11(13)14-4-2)10-6-5-8(7-12)15-10/h8,12H,3-7H2,1-2H3/b10-9-/t8-/m1/s1. The Morgan fingerprint density at radius 1 is 1.60 bits per heavy atom. The van der Waals surface area contributed by atoms with E-state index in [1.165, 1.54) is 0 Å². The average molecular weight is 214 g/mol. The highest BCUT2D eigenvalue weighted by atomic mass is 16.5. The molecule has 0 unspecified atom stereocenters. The second kappa shape index (κ2) is 5.75. The number of allylic oxidation sites excluding steroid dienone is 1. The van der Waals surface area contributed by atoms with Crippen molar-refractivity contribution < 1.29 is 19.4 Å². The predicted octanol–water partition coefficient (Wildman–Crippen LogP) is 1.38. The summed E-state index contributed by atoms with van der Waals surface area (Å²) in [7, 11) is 0. The first kappa shape index (κ1) is 12.0. The third kappa shape index (κ3) is 2.96. The fourth-order valence-corrected chi connectivity index (χ4v) is 1.64. The van der Waals surface area contributed by atoms with Crippen LogP contribution in [0.4, 0.5) is 0 Å². The SMILES string of the molecule is CCOC(=O)/C(CC)=C1/CC[C@H](CO)O1. The Bertz CT molecular complexity index is 257. The van der Waals surface area contributed by atoms with Crippen molar-refractivity contribution >= 4 is 5.97 Å². The lowest BCUT2D eigenvalue weighted by Crippen LogP contribution is -2.12. The van der Waals surface area contributed by atoms with Crippen molar-refractivity contribution in [3.63, 3.8) is 0 Å². The minimum absolute atomic E-state index is 0.00329. The van der Waals surface area contributed by atoms with Crippen LogP contribution in [-0.2, 0) is 14.3 Å². The van der Waals surface area contributed by atoms with E-state index in [9.17, 15) is 4.79 Å². The predicted molar refractivity (Wildman–Crippen MR) is 55.1 cm³/mol. The van der Waals surface area contributed by atoms with Crippen LogP contribution in [0.15, 0.2) is 11.3 Å². The molecular formula is C11H18O4. The maximum Gasteiger partial charge on any atom is 0.337 e. The van der Waals surface area contributed by atoms with Crippen molar-refractivity contribution in [3.05, 3.63) is 11.3 Å². The maximum atomic E-state index is 11.5. The van der Waals surface area contributed by atoms with Crippen LogP contribution in [0.2, 0.25) is 0 Å². The van der Waals surface area contributed by atoms with Gasteiger partial charge in [-0.2, -0.15) is 0 Å². The van der Waals surface area contributed by atoms with Crippen LogP contribution in [0.5, 0.6) is 0 Å². The molecule has 86 valence electrons. The van der Waals surface area contributed by atoms with Gasteiger partial charge < -0.3 is 14.6 Å². The van der Waals surface area contributed by atoms with Crippen LogP contribution >= 0.6 is 0 Å². The molecule has 4 nitrogen and oxygen atoms in total. The van der Waals surface area contributed by atoms with E-state index < -0.39 is 0 Å². The summed E-state index contributed by atoms with van der Waals surface area (Å²) in [6.07, 6.45) is 1.94. The molecule has 1 N–H and O–H groups in total. The van der Waals surface area contributed by atoms with Gasteiger partial charge in [0.25, 0.3) is 0 Å². The molecule has 0 radical (unpaired) electrons. The molecule has 4 heteroatoms. The molecular weight excluding hydrogens is 196 g/mol. The van der Waals surface area contributed by atoms with Gasteiger partial charge in [0.1, 0.15) is 11.9 Å². The van der Waals surface area contributed by atoms with E-state index in [-0.39, 0.29) is 18.7 Å². The highest BCUT2D eigenvalue weighted by Gasteiger charge is 2.25. The summed E-state index contributed by atoms with van der Waals surface area (Å²) in [6.45, 7) is 4.05. The Kier molecular flexibility index (Phi) is 4.62. The van der Waals surface area contributed by atoms with Crippen LogP contribution in [0.25, 0.3) is 0 Å². The molecule has 0 aromatic heterocycles. The van der Waals surface area contributed by atoms with Gasteiger partial charge >= 0.3 is 5.97 Å². The largest absolute Gasteiger partial charge is 0.492 e. The smallest absolute Gasteiger partial charge is 0.337 e. The number of hydrogen-bond donors (Lipinski definition) is 1. The number of esters is 1. The highest BCUT2D eigenvalue weighted by molar-refractivity contribution is 5.89. The third-order valence-corrected chi connectivity index (χ3v) is 2.42. The Balaban J connectivity index is 2.72. The summed E-state index contributed by atoms with van der Waals surface area (Å²) in [6, 6.07) is 0. The first-order chi connectivity index (χ1) is 7.22. The second-order valence-electron chi connectivity index (χ2n) is 3.44. The molecule has 1 atom stereocenters. The molecule has 1 aliphatic heterocycles. The van der Waals surface area contributed by atoms with Crippen molar-refractivity contribution in [3.8, 4) is 0 Å². The molecule has 0 aromatic carbocycles. The fraction of sp³-hybridized carbons (Fsp3) is 0.727. The summed E-state index contributed by atoms with van der Waals surface area (Å²) in [4.78, 5) is 11.5. The molecule has 1 heterocycles. The van der Waals surface area contributed by atoms with E-state index in [2.05, 4.69) is 0 Å². The number of ether oxygens (including phenoxy) is 2. The number of aliphatic hydroxyl groups is 1. The minimum Gasteiger partial charge on any atom is -0.492 e. The van der Waals surface area contributed by atoms with Crippen LogP contribution < -0.4 is 0 Å². The van der Waals surface area contributed by atoms with E-state index in [0.717, 1.165) is 6.42 Å². The third-order valence-electron chi connectivity index (χ3n) is 2.42. The van der Waals surface area contributed by atoms with Gasteiger partial charge in [0.2, 0.25) is 0 Å². The van der Waals surface area contributed by atoms with Crippen molar-refractivity contribution in [1.29, 1.82) is 0 Å². The molecule has 15 heavy (non-hydrogen) atoms. The van der Waals surface area contributed by atoms with E-state index in [1.807, 2.05) is 6.92 Å². The quantitative estimate of drug-likeness (QED) is 0.567. The first-order valence-electron chi connectivity index (χ1n) is 5.39. The molecule has 1 rings (SSSR count). The van der Waals surface area contributed by atoms with E-state index in [0.29, 0.717) is 30.8 Å². The number of aliphatic hydroxyl groups excluding tert-OH is 1. The monoisotopic (exact) mass is 214 g/mol. The molecule has 0 aliphatic carbocycles. The maximum absolute atomic E-state index is 11.5. The average Bonchev–Trinajstić information content (AvgIpc) is 2.68. The zero-order valence-corrected chi connectivity index (χ0v) is 9.28. The number of hydrogen-bond acceptors (Lipinski definition) is 4. The lowest BCUT2D eigenvalue weighted by atomic mass is 10.1. The first-order valence-corrected chi connectivity index (χ1v) is 5.39. The van der Waals surface area contributed by atoms with Gasteiger partial charge in [0.15, 0.2) is 0 Å². The van der Waals surface area contributed by atoms with Crippen LogP contribution in [0.1, 0.15) is 33.1 Å². The van der Waals surface area contributed by atoms with Crippen LogP contribution in [0, 0.1) is 0 Å². The Morgan fingerprint density at radius 2 is 2.33 bits per heavy atom. The summed E-state index contributed by atoms with van der Waals surface area (Å²) in [5.74, 6) is 0.392. The van der Waals surface area contributed by atoms with E-state index >= 15 is 0 Å². The number of rotatable bonds is 4. The van der Waals surface area contributed by atoms with Gasteiger partial charge in [-0.1, -0.05) is 6.92 Å². The molecule has 0 amide bonds. The minimum atomic E-state index is -0.298. The van der Waals surface area contributed by atoms with Crippen LogP contribution in [0.3, 0.4) is 0 Å². The van der Waals surface area contributed by atoms with Gasteiger partial charge in [0, 0.05) is 6.42 Å². The van der Waals surface area contributed by atoms with Gasteiger partial charge in [-0.05, 0) is 19.8 Å². The zero-order chi connectivity index (χ0) is 11.3. The van der Waals surface area contributed by atoms with E-state index in [1.54, 1.807) is 6.92 Å². The van der Waals surface area contributed by atoms with Crippen LogP contribution in [-0.4, -0.2) is 30.4 Å². The van der Waals surface area contributed by atoms with Crippen molar-refractivity contribution in [1.82, 2.24) is 0 Å². The highest BCUT2D eigenvalue weighted by Crippen LogP contribution is 2.27. The van der Waals surface area contributed by atoms with Crippen molar-refractivity contribution in [2.24, 2.45) is 0 Å². The molecule has 1 fully saturated rings. The van der Waals surface area contributed by atoms with Gasteiger partial charge in [-0.25, -0.2) is 4.79 Å². The Morgan fingerprint density at radius 3 is 2.80 bits per heavy atom. The molecule has 1 aliphatic rings. The van der Waals surface area contributed by atoms with E-state index in [4.69, 9.17) is 14.6 Å². The molecule has 0 spiro atoms. The summed E-state index contributed by atoms with van der Waals surface area (Å²) in [5, 5.41) is 8.92. The fourth-order valence-electron chi connectivity index (χ4n) is 1.64. The van der Waals surface area contributed by atoms with Gasteiger partial charge in [-0.15, -0.1) is 0 Å².